The van der Waals surface area contributed by atoms with Gasteiger partial charge in [0.05, 0.1) is 5.56 Å². The van der Waals surface area contributed by atoms with E-state index in [0.29, 0.717) is 12.4 Å². The van der Waals surface area contributed by atoms with Crippen molar-refractivity contribution >= 4 is 0 Å². The average molecular weight is 544 g/mol. The average Bonchev–Trinajstić information content (AvgIpc) is 3.39. The van der Waals surface area contributed by atoms with Crippen molar-refractivity contribution < 1.29 is 17.7 Å². The molecule has 4 nitrogen and oxygen atoms in total. The zero-order valence-electron chi connectivity index (χ0n) is 24.0. The number of halogens is 3. The Morgan fingerprint density at radius 3 is 1.87 bits per heavy atom. The lowest BCUT2D eigenvalue weighted by molar-refractivity contribution is -0.137. The highest BCUT2D eigenvalue weighted by atomic mass is 19.4. The molecule has 1 heterocycles. The van der Waals surface area contributed by atoms with Crippen LogP contribution in [0.4, 0.5) is 13.2 Å². The van der Waals surface area contributed by atoms with E-state index in [1.165, 1.54) is 51.4 Å². The zero-order valence-corrected chi connectivity index (χ0v) is 24.0. The number of aromatic nitrogens is 2. The van der Waals surface area contributed by atoms with Crippen LogP contribution >= 0.6 is 0 Å². The van der Waals surface area contributed by atoms with Gasteiger partial charge in [-0.15, -0.1) is 0 Å². The Morgan fingerprint density at radius 2 is 1.31 bits per heavy atom. The minimum Gasteiger partial charge on any atom is -0.334 e. The van der Waals surface area contributed by atoms with Crippen molar-refractivity contribution in [2.45, 2.75) is 110 Å². The van der Waals surface area contributed by atoms with Gasteiger partial charge in [-0.05, 0) is 62.2 Å². The Bertz CT molecular complexity index is 1100. The predicted octanol–water partition coefficient (Wildman–Crippen LogP) is 9.59. The normalized spacial score (nSPS) is 12.4. The molecule has 0 N–H and O–H groups in total. The standard InChI is InChI=1S/C32H44F3N3O/c1-5-7-8-9-10-11-12-13-14-15-29-36-30(39-37-29)26-18-16-25(17-19-26)24-38(6-2)31(3,4)27-20-22-28(23-21-27)32(33,34)35/h16-23H,5-15,24H2,1-4H3. The second kappa shape index (κ2) is 14.6. The molecule has 1 aromatic heterocycles. The fourth-order valence-corrected chi connectivity index (χ4v) is 4.99. The van der Waals surface area contributed by atoms with E-state index in [1.807, 2.05) is 38.1 Å². The van der Waals surface area contributed by atoms with Crippen molar-refractivity contribution in [2.75, 3.05) is 6.54 Å². The molecule has 2 aromatic carbocycles. The molecule has 0 atom stereocenters. The maximum Gasteiger partial charge on any atom is 0.416 e. The number of hydrogen-bond acceptors (Lipinski definition) is 4. The summed E-state index contributed by atoms with van der Waals surface area (Å²) in [5.41, 5.74) is 1.77. The Balaban J connectivity index is 1.51. The largest absolute Gasteiger partial charge is 0.416 e. The number of aryl methyl sites for hydroxylation is 1. The van der Waals surface area contributed by atoms with Crippen molar-refractivity contribution in [2.24, 2.45) is 0 Å². The zero-order chi connectivity index (χ0) is 28.3. The summed E-state index contributed by atoms with van der Waals surface area (Å²) in [5, 5.41) is 4.17. The van der Waals surface area contributed by atoms with Crippen LogP contribution in [0.5, 0.6) is 0 Å². The smallest absolute Gasteiger partial charge is 0.334 e. The van der Waals surface area contributed by atoms with Crippen molar-refractivity contribution in [3.8, 4) is 11.5 Å². The van der Waals surface area contributed by atoms with Gasteiger partial charge in [-0.3, -0.25) is 4.90 Å². The second-order valence-electron chi connectivity index (χ2n) is 10.9. The molecule has 39 heavy (non-hydrogen) atoms. The third kappa shape index (κ3) is 9.20. The fourth-order valence-electron chi connectivity index (χ4n) is 4.99. The first-order valence-electron chi connectivity index (χ1n) is 14.5. The number of hydrogen-bond donors (Lipinski definition) is 0. The predicted molar refractivity (Wildman–Crippen MR) is 151 cm³/mol. The van der Waals surface area contributed by atoms with Gasteiger partial charge in [0.2, 0.25) is 0 Å². The number of nitrogens with zero attached hydrogens (tertiary/aromatic N) is 3. The fraction of sp³-hybridized carbons (Fsp3) is 0.562. The molecule has 0 spiro atoms. The molecular weight excluding hydrogens is 499 g/mol. The van der Waals surface area contributed by atoms with Crippen molar-refractivity contribution in [3.63, 3.8) is 0 Å². The van der Waals surface area contributed by atoms with E-state index < -0.39 is 17.3 Å². The number of unbranched alkanes of at least 4 members (excludes halogenated alkanes) is 8. The highest BCUT2D eigenvalue weighted by Crippen LogP contribution is 2.34. The van der Waals surface area contributed by atoms with Crippen LogP contribution in [-0.4, -0.2) is 21.6 Å². The molecule has 0 radical (unpaired) electrons. The first-order valence-corrected chi connectivity index (χ1v) is 14.5. The molecule has 0 aliphatic heterocycles. The molecular formula is C32H44F3N3O. The van der Waals surface area contributed by atoms with Crippen LogP contribution in [0.1, 0.15) is 108 Å². The van der Waals surface area contributed by atoms with Crippen molar-refractivity contribution in [1.29, 1.82) is 0 Å². The Morgan fingerprint density at radius 1 is 0.744 bits per heavy atom. The van der Waals surface area contributed by atoms with E-state index in [0.717, 1.165) is 54.0 Å². The molecule has 0 aliphatic rings. The molecule has 0 bridgehead atoms. The number of benzene rings is 2. The Hall–Kier alpha value is -2.67. The molecule has 0 unspecified atom stereocenters. The van der Waals surface area contributed by atoms with Crippen LogP contribution in [-0.2, 0) is 24.7 Å². The Kier molecular flexibility index (Phi) is 11.6. The van der Waals surface area contributed by atoms with Crippen LogP contribution in [0.25, 0.3) is 11.5 Å². The Labute approximate surface area is 232 Å². The summed E-state index contributed by atoms with van der Waals surface area (Å²) in [4.78, 5) is 6.84. The molecule has 0 saturated heterocycles. The van der Waals surface area contributed by atoms with Gasteiger partial charge in [0.1, 0.15) is 0 Å². The van der Waals surface area contributed by atoms with Gasteiger partial charge in [0, 0.05) is 24.1 Å². The summed E-state index contributed by atoms with van der Waals surface area (Å²) in [6.45, 7) is 9.81. The lowest BCUT2D eigenvalue weighted by Gasteiger charge is -2.38. The summed E-state index contributed by atoms with van der Waals surface area (Å²) >= 11 is 0. The SMILES string of the molecule is CCCCCCCCCCCc1noc(-c2ccc(CN(CC)C(C)(C)c3ccc(C(F)(F)F)cc3)cc2)n1. The molecule has 3 rings (SSSR count). The number of rotatable bonds is 16. The van der Waals surface area contributed by atoms with E-state index >= 15 is 0 Å². The molecule has 7 heteroatoms. The molecule has 0 amide bonds. The second-order valence-corrected chi connectivity index (χ2v) is 10.9. The van der Waals surface area contributed by atoms with Gasteiger partial charge in [0.15, 0.2) is 5.82 Å². The van der Waals surface area contributed by atoms with Gasteiger partial charge < -0.3 is 4.52 Å². The van der Waals surface area contributed by atoms with Gasteiger partial charge in [-0.1, -0.05) is 94.6 Å². The first-order chi connectivity index (χ1) is 18.6. The maximum atomic E-state index is 13.0. The van der Waals surface area contributed by atoms with E-state index in [2.05, 4.69) is 28.9 Å². The monoisotopic (exact) mass is 543 g/mol. The van der Waals surface area contributed by atoms with Crippen LogP contribution in [0.2, 0.25) is 0 Å². The summed E-state index contributed by atoms with van der Waals surface area (Å²) in [6.07, 6.45) is 8.05. The highest BCUT2D eigenvalue weighted by molar-refractivity contribution is 5.53. The summed E-state index contributed by atoms with van der Waals surface area (Å²) in [7, 11) is 0. The molecule has 214 valence electrons. The van der Waals surface area contributed by atoms with E-state index in [1.54, 1.807) is 12.1 Å². The third-order valence-electron chi connectivity index (χ3n) is 7.64. The lowest BCUT2D eigenvalue weighted by Crippen LogP contribution is -2.40. The lowest BCUT2D eigenvalue weighted by atomic mass is 9.90. The van der Waals surface area contributed by atoms with Gasteiger partial charge >= 0.3 is 6.18 Å². The first kappa shape index (κ1) is 30.9. The van der Waals surface area contributed by atoms with Crippen molar-refractivity contribution in [3.05, 3.63) is 71.0 Å². The minimum absolute atomic E-state index is 0.437. The van der Waals surface area contributed by atoms with Gasteiger partial charge in [-0.25, -0.2) is 0 Å². The van der Waals surface area contributed by atoms with Crippen LogP contribution in [0, 0.1) is 0 Å². The van der Waals surface area contributed by atoms with Crippen molar-refractivity contribution in [1.82, 2.24) is 15.0 Å². The van der Waals surface area contributed by atoms with Gasteiger partial charge in [0.25, 0.3) is 5.89 Å². The molecule has 3 aromatic rings. The summed E-state index contributed by atoms with van der Waals surface area (Å²) in [6, 6.07) is 13.6. The van der Waals surface area contributed by atoms with E-state index in [-0.39, 0.29) is 0 Å². The van der Waals surface area contributed by atoms with Gasteiger partial charge in [-0.2, -0.15) is 18.2 Å². The minimum atomic E-state index is -4.33. The number of alkyl halides is 3. The molecule has 0 aliphatic carbocycles. The topological polar surface area (TPSA) is 42.2 Å². The van der Waals surface area contributed by atoms with Crippen LogP contribution in [0.3, 0.4) is 0 Å². The van der Waals surface area contributed by atoms with Crippen LogP contribution in [0.15, 0.2) is 53.1 Å². The molecule has 0 fully saturated rings. The third-order valence-corrected chi connectivity index (χ3v) is 7.64. The van der Waals surface area contributed by atoms with E-state index in [4.69, 9.17) is 4.52 Å². The van der Waals surface area contributed by atoms with E-state index in [9.17, 15) is 13.2 Å². The van der Waals surface area contributed by atoms with Crippen LogP contribution < -0.4 is 0 Å². The molecule has 0 saturated carbocycles. The summed E-state index contributed by atoms with van der Waals surface area (Å²) < 4.78 is 44.5. The summed E-state index contributed by atoms with van der Waals surface area (Å²) in [5.74, 6) is 1.29. The quantitative estimate of drug-likeness (QED) is 0.169. The highest BCUT2D eigenvalue weighted by Gasteiger charge is 2.32. The maximum absolute atomic E-state index is 13.0.